The fourth-order valence-electron chi connectivity index (χ4n) is 4.75. The van der Waals surface area contributed by atoms with Crippen molar-refractivity contribution in [3.05, 3.63) is 40.8 Å². The molecule has 1 aromatic carbocycles. The van der Waals surface area contributed by atoms with Crippen molar-refractivity contribution < 1.29 is 41.5 Å². The van der Waals surface area contributed by atoms with Gasteiger partial charge in [-0.25, -0.2) is 9.18 Å². The molecule has 0 spiro atoms. The van der Waals surface area contributed by atoms with E-state index in [1.807, 2.05) is 16.8 Å². The third kappa shape index (κ3) is 6.26. The van der Waals surface area contributed by atoms with Crippen molar-refractivity contribution in [2.75, 3.05) is 26.0 Å². The Morgan fingerprint density at radius 3 is 2.32 bits per heavy atom. The van der Waals surface area contributed by atoms with Gasteiger partial charge in [-0.3, -0.25) is 5.32 Å². The van der Waals surface area contributed by atoms with Gasteiger partial charge in [-0.2, -0.15) is 24.5 Å². The number of piperidine rings is 1. The summed E-state index contributed by atoms with van der Waals surface area (Å²) < 4.78 is 51.9. The van der Waals surface area contributed by atoms with Gasteiger partial charge in [-0.1, -0.05) is 0 Å². The van der Waals surface area contributed by atoms with Gasteiger partial charge < -0.3 is 19.1 Å². The Morgan fingerprint density at radius 1 is 1.18 bits per heavy atom. The highest BCUT2D eigenvalue weighted by atomic mass is 32.1. The number of nitrogens with zero attached hydrogens (tertiary/aromatic N) is 1. The highest BCUT2D eigenvalue weighted by Crippen LogP contribution is 2.42. The number of carbonyl (C=O) groups excluding carboxylic acids is 2. The quantitative estimate of drug-likeness (QED) is 0.496. The number of halogens is 4. The molecule has 6 nitrogen and oxygen atoms in total. The van der Waals surface area contributed by atoms with Crippen molar-refractivity contribution in [1.29, 1.82) is 0 Å². The zero-order valence-electron chi connectivity index (χ0n) is 18.7. The smallest absolute Gasteiger partial charge is 0.430 e. The van der Waals surface area contributed by atoms with E-state index < -0.39 is 18.2 Å². The molecule has 186 valence electrons. The second-order valence-electron chi connectivity index (χ2n) is 9.06. The van der Waals surface area contributed by atoms with E-state index in [4.69, 9.17) is 14.6 Å². The molecule has 2 bridgehead atoms. The van der Waals surface area contributed by atoms with Gasteiger partial charge in [0.05, 0.1) is 38.5 Å². The Bertz CT molecular complexity index is 995. The standard InChI is InChI=1S/C21H25FN2O2S.C2HF3O2/c1-24(2)17-4-5-18(24)10-14(9-17)12-26-21(25)23-20-6-3-16(22)11-19(20)15-7-8-27-13-15;3-2(4,5)1(6)7/h3,6-8,11,13-14,17-18H,4-5,9-10,12H2,1-2H3;(H,6,7)/t14-,17+,18-;. The second-order valence-corrected chi connectivity index (χ2v) is 9.84. The first-order valence-electron chi connectivity index (χ1n) is 10.7. The predicted octanol–water partition coefficient (Wildman–Crippen LogP) is 4.42. The van der Waals surface area contributed by atoms with E-state index in [-0.39, 0.29) is 5.82 Å². The number of carboxylic acid groups (broad SMARTS) is 1. The summed E-state index contributed by atoms with van der Waals surface area (Å²) >= 11 is 1.54. The summed E-state index contributed by atoms with van der Waals surface area (Å²) in [6, 6.07) is 7.66. The molecule has 2 aromatic rings. The third-order valence-corrected chi connectivity index (χ3v) is 7.34. The Balaban J connectivity index is 0.000000406. The molecule has 2 aliphatic rings. The van der Waals surface area contributed by atoms with E-state index in [1.165, 1.54) is 36.3 Å². The Kier molecular flexibility index (Phi) is 7.87. The van der Waals surface area contributed by atoms with E-state index in [0.717, 1.165) is 22.9 Å². The summed E-state index contributed by atoms with van der Waals surface area (Å²) in [6.45, 7) is 0.452. The Hall–Kier alpha value is -2.66. The summed E-state index contributed by atoms with van der Waals surface area (Å²) in [5.74, 6) is -2.90. The number of carboxylic acids is 1. The molecule has 0 saturated carbocycles. The molecule has 0 radical (unpaired) electrons. The summed E-state index contributed by atoms with van der Waals surface area (Å²) in [5, 5.41) is 15.4. The molecule has 1 N–H and O–H groups in total. The van der Waals surface area contributed by atoms with Crippen LogP contribution >= 0.6 is 11.3 Å². The zero-order chi connectivity index (χ0) is 25.1. The normalized spacial score (nSPS) is 22.9. The molecule has 0 unspecified atom stereocenters. The topological polar surface area (TPSA) is 78.5 Å². The minimum Gasteiger partial charge on any atom is -0.542 e. The lowest BCUT2D eigenvalue weighted by molar-refractivity contribution is -0.931. The molecule has 2 aliphatic heterocycles. The number of nitrogens with one attached hydrogen (secondary N) is 1. The number of hydrogen-bond donors (Lipinski definition) is 1. The number of aliphatic carboxylic acids is 1. The van der Waals surface area contributed by atoms with E-state index in [1.54, 1.807) is 6.07 Å². The maximum atomic E-state index is 13.7. The molecular weight excluding hydrogens is 476 g/mol. The number of fused-ring (bicyclic) bond motifs is 2. The Labute approximate surface area is 198 Å². The largest absolute Gasteiger partial charge is 0.542 e. The number of benzene rings is 1. The molecule has 3 atom stereocenters. The average Bonchev–Trinajstić information content (AvgIpc) is 3.29. The maximum Gasteiger partial charge on any atom is 0.430 e. The van der Waals surface area contributed by atoms with Crippen LogP contribution in [0.4, 0.5) is 28.0 Å². The van der Waals surface area contributed by atoms with Crippen LogP contribution in [0.25, 0.3) is 11.1 Å². The van der Waals surface area contributed by atoms with Crippen molar-refractivity contribution in [3.8, 4) is 11.1 Å². The van der Waals surface area contributed by atoms with Gasteiger partial charge in [-0.05, 0) is 40.6 Å². The molecule has 11 heteroatoms. The highest BCUT2D eigenvalue weighted by Gasteiger charge is 2.48. The zero-order valence-corrected chi connectivity index (χ0v) is 19.5. The second kappa shape index (κ2) is 10.3. The summed E-state index contributed by atoms with van der Waals surface area (Å²) in [7, 11) is 4.65. The molecule has 1 aromatic heterocycles. The lowest BCUT2D eigenvalue weighted by atomic mass is 9.90. The molecule has 2 saturated heterocycles. The SMILES string of the molecule is C[N+]1(C)[C@@H]2CC[C@H]1C[C@@H](COC(=O)Nc1ccc(F)cc1-c1ccsc1)C2.O=C([O-])C(F)(F)F. The first-order valence-corrected chi connectivity index (χ1v) is 11.7. The number of hydrogen-bond acceptors (Lipinski definition) is 5. The summed E-state index contributed by atoms with van der Waals surface area (Å²) in [5.41, 5.74) is 2.13. The van der Waals surface area contributed by atoms with E-state index in [0.29, 0.717) is 35.9 Å². The molecular formula is C23H26F4N2O4S. The van der Waals surface area contributed by atoms with Crippen LogP contribution in [0.15, 0.2) is 35.0 Å². The number of rotatable bonds is 4. The summed E-state index contributed by atoms with van der Waals surface area (Å²) in [6.07, 6.45) is -0.870. The minimum atomic E-state index is -5.19. The first-order chi connectivity index (χ1) is 15.9. The highest BCUT2D eigenvalue weighted by molar-refractivity contribution is 7.08. The molecule has 3 heterocycles. The van der Waals surface area contributed by atoms with Crippen LogP contribution in [0.2, 0.25) is 0 Å². The van der Waals surface area contributed by atoms with Crippen molar-refractivity contribution in [2.45, 2.75) is 43.9 Å². The maximum absolute atomic E-state index is 13.7. The van der Waals surface area contributed by atoms with Crippen LogP contribution in [0, 0.1) is 11.7 Å². The van der Waals surface area contributed by atoms with Gasteiger partial charge in [0.1, 0.15) is 11.8 Å². The van der Waals surface area contributed by atoms with Crippen molar-refractivity contribution >= 4 is 29.1 Å². The van der Waals surface area contributed by atoms with Crippen LogP contribution < -0.4 is 10.4 Å². The lowest BCUT2D eigenvalue weighted by Gasteiger charge is -2.44. The van der Waals surface area contributed by atoms with Crippen LogP contribution in [0.5, 0.6) is 0 Å². The van der Waals surface area contributed by atoms with Crippen LogP contribution in [0.1, 0.15) is 25.7 Å². The third-order valence-electron chi connectivity index (χ3n) is 6.66. The van der Waals surface area contributed by atoms with Crippen molar-refractivity contribution in [1.82, 2.24) is 0 Å². The number of amides is 1. The Morgan fingerprint density at radius 2 is 1.79 bits per heavy atom. The van der Waals surface area contributed by atoms with Gasteiger partial charge >= 0.3 is 12.3 Å². The number of alkyl halides is 3. The molecule has 0 aliphatic carbocycles. The number of quaternary nitrogens is 1. The minimum absolute atomic E-state index is 0.325. The predicted molar refractivity (Wildman–Crippen MR) is 117 cm³/mol. The van der Waals surface area contributed by atoms with Gasteiger partial charge in [-0.15, -0.1) is 0 Å². The van der Waals surface area contributed by atoms with E-state index >= 15 is 0 Å². The van der Waals surface area contributed by atoms with Crippen LogP contribution in [-0.4, -0.2) is 55.5 Å². The van der Waals surface area contributed by atoms with Crippen molar-refractivity contribution in [2.24, 2.45) is 5.92 Å². The number of anilines is 1. The van der Waals surface area contributed by atoms with Crippen LogP contribution in [-0.2, 0) is 9.53 Å². The van der Waals surface area contributed by atoms with Crippen molar-refractivity contribution in [3.63, 3.8) is 0 Å². The van der Waals surface area contributed by atoms with E-state index in [9.17, 15) is 22.4 Å². The molecule has 2 fully saturated rings. The van der Waals surface area contributed by atoms with Crippen LogP contribution in [0.3, 0.4) is 0 Å². The number of thiophene rings is 1. The average molecular weight is 503 g/mol. The lowest BCUT2D eigenvalue weighted by Crippen LogP contribution is -2.55. The van der Waals surface area contributed by atoms with Gasteiger partial charge in [0.2, 0.25) is 0 Å². The fourth-order valence-corrected chi connectivity index (χ4v) is 5.41. The fraction of sp³-hybridized carbons (Fsp3) is 0.478. The summed E-state index contributed by atoms with van der Waals surface area (Å²) in [4.78, 5) is 21.1. The number of ether oxygens (including phenoxy) is 1. The van der Waals surface area contributed by atoms with Gasteiger partial charge in [0, 0.05) is 37.2 Å². The van der Waals surface area contributed by atoms with Gasteiger partial charge in [0.15, 0.2) is 0 Å². The number of carbonyl (C=O) groups is 2. The molecule has 4 rings (SSSR count). The van der Waals surface area contributed by atoms with Gasteiger partial charge in [0.25, 0.3) is 0 Å². The van der Waals surface area contributed by atoms with E-state index in [2.05, 4.69) is 19.4 Å². The molecule has 1 amide bonds. The first kappa shape index (κ1) is 26.0. The molecule has 34 heavy (non-hydrogen) atoms. The monoisotopic (exact) mass is 502 g/mol.